The van der Waals surface area contributed by atoms with Gasteiger partial charge in [-0.3, -0.25) is 19.8 Å². The Balaban J connectivity index is 1.55. The Bertz CT molecular complexity index is 1370. The number of carbonyl (C=O) groups is 1. The minimum atomic E-state index is -3.87. The van der Waals surface area contributed by atoms with Crippen molar-refractivity contribution in [1.29, 1.82) is 0 Å². The van der Waals surface area contributed by atoms with Gasteiger partial charge in [-0.25, -0.2) is 8.42 Å². The number of aromatic nitrogens is 3. The molecule has 0 aliphatic carbocycles. The molecule has 2 N–H and O–H groups in total. The molecule has 0 spiro atoms. The third-order valence-electron chi connectivity index (χ3n) is 4.60. The lowest BCUT2D eigenvalue weighted by molar-refractivity contribution is 0.102. The summed E-state index contributed by atoms with van der Waals surface area (Å²) in [6.07, 6.45) is 1.65. The molecule has 4 aromatic rings. The molecule has 2 aromatic heterocycles. The number of hydrogen-bond donors (Lipinski definition) is 2. The van der Waals surface area contributed by atoms with Crippen LogP contribution in [0.25, 0.3) is 10.7 Å². The first kappa shape index (κ1) is 21.6. The first-order chi connectivity index (χ1) is 15.3. The highest BCUT2D eigenvalue weighted by atomic mass is 32.2. The first-order valence-corrected chi connectivity index (χ1v) is 11.9. The van der Waals surface area contributed by atoms with Crippen molar-refractivity contribution < 1.29 is 13.2 Å². The van der Waals surface area contributed by atoms with E-state index in [0.29, 0.717) is 27.1 Å². The molecule has 0 fully saturated rings. The van der Waals surface area contributed by atoms with Crippen LogP contribution in [0.1, 0.15) is 21.5 Å². The maximum atomic E-state index is 12.9. The lowest BCUT2D eigenvalue weighted by Crippen LogP contribution is -2.17. The number of nitrogens with zero attached hydrogens (tertiary/aromatic N) is 3. The van der Waals surface area contributed by atoms with Crippen LogP contribution in [0.5, 0.6) is 0 Å². The minimum Gasteiger partial charge on any atom is -0.296 e. The van der Waals surface area contributed by atoms with E-state index in [1.54, 1.807) is 43.5 Å². The summed E-state index contributed by atoms with van der Waals surface area (Å²) in [5, 5.41) is 11.6. The maximum absolute atomic E-state index is 12.9. The van der Waals surface area contributed by atoms with Gasteiger partial charge >= 0.3 is 0 Å². The number of anilines is 2. The van der Waals surface area contributed by atoms with Crippen LogP contribution in [0.15, 0.2) is 71.8 Å². The van der Waals surface area contributed by atoms with E-state index >= 15 is 0 Å². The summed E-state index contributed by atoms with van der Waals surface area (Å²) >= 11 is 1.18. The number of hydrogen-bond acceptors (Lipinski definition) is 7. The fourth-order valence-electron chi connectivity index (χ4n) is 2.88. The van der Waals surface area contributed by atoms with E-state index in [0.717, 1.165) is 5.56 Å². The Morgan fingerprint density at radius 1 is 0.969 bits per heavy atom. The zero-order valence-electron chi connectivity index (χ0n) is 17.2. The lowest BCUT2D eigenvalue weighted by atomic mass is 10.1. The van der Waals surface area contributed by atoms with Crippen LogP contribution in [0.4, 0.5) is 10.8 Å². The normalized spacial score (nSPS) is 11.2. The van der Waals surface area contributed by atoms with Crippen molar-refractivity contribution in [3.8, 4) is 10.7 Å². The van der Waals surface area contributed by atoms with Crippen molar-refractivity contribution in [2.24, 2.45) is 0 Å². The average molecular weight is 466 g/mol. The van der Waals surface area contributed by atoms with E-state index in [1.165, 1.54) is 23.5 Å². The fourth-order valence-corrected chi connectivity index (χ4v) is 4.68. The van der Waals surface area contributed by atoms with Gasteiger partial charge in [0.2, 0.25) is 5.13 Å². The number of nitrogens with one attached hydrogen (secondary N) is 2. The molecule has 0 aliphatic heterocycles. The summed E-state index contributed by atoms with van der Waals surface area (Å²) in [6.45, 7) is 3.65. The Kier molecular flexibility index (Phi) is 5.97. The second kappa shape index (κ2) is 8.85. The van der Waals surface area contributed by atoms with E-state index in [1.807, 2.05) is 25.1 Å². The van der Waals surface area contributed by atoms with E-state index in [4.69, 9.17) is 0 Å². The topological polar surface area (TPSA) is 114 Å². The summed E-state index contributed by atoms with van der Waals surface area (Å²) in [7, 11) is -3.87. The summed E-state index contributed by atoms with van der Waals surface area (Å²) in [6, 6.07) is 16.8. The van der Waals surface area contributed by atoms with E-state index in [9.17, 15) is 13.2 Å². The molecule has 0 saturated heterocycles. The molecule has 0 radical (unpaired) electrons. The molecule has 2 heterocycles. The zero-order chi connectivity index (χ0) is 22.7. The average Bonchev–Trinajstić information content (AvgIpc) is 3.24. The number of sulfonamides is 1. The van der Waals surface area contributed by atoms with Crippen molar-refractivity contribution in [2.75, 3.05) is 10.0 Å². The molecule has 2 aromatic carbocycles. The van der Waals surface area contributed by atoms with Crippen LogP contribution in [0, 0.1) is 13.8 Å². The number of aryl methyl sites for hydroxylation is 2. The van der Waals surface area contributed by atoms with Gasteiger partial charge in [-0.15, -0.1) is 10.2 Å². The summed E-state index contributed by atoms with van der Waals surface area (Å²) in [5.41, 5.74) is 2.97. The van der Waals surface area contributed by atoms with Gasteiger partial charge in [-0.05, 0) is 55.8 Å². The second-order valence-electron chi connectivity index (χ2n) is 7.03. The highest BCUT2D eigenvalue weighted by Gasteiger charge is 2.19. The Morgan fingerprint density at radius 2 is 1.75 bits per heavy atom. The molecular formula is C22H19N5O3S2. The number of benzene rings is 2. The number of amides is 1. The third kappa shape index (κ3) is 4.82. The number of pyridine rings is 1. The van der Waals surface area contributed by atoms with Gasteiger partial charge in [0.1, 0.15) is 5.69 Å². The van der Waals surface area contributed by atoms with Gasteiger partial charge in [-0.2, -0.15) is 0 Å². The fraction of sp³-hybridized carbons (Fsp3) is 0.0909. The molecule has 0 saturated carbocycles. The lowest BCUT2D eigenvalue weighted by Gasteiger charge is -2.11. The second-order valence-corrected chi connectivity index (χ2v) is 9.69. The molecule has 8 nitrogen and oxygen atoms in total. The van der Waals surface area contributed by atoms with Crippen molar-refractivity contribution in [3.63, 3.8) is 0 Å². The third-order valence-corrected chi connectivity index (χ3v) is 6.84. The van der Waals surface area contributed by atoms with Crippen molar-refractivity contribution in [2.45, 2.75) is 18.7 Å². The van der Waals surface area contributed by atoms with Crippen molar-refractivity contribution in [3.05, 3.63) is 83.6 Å². The maximum Gasteiger partial charge on any atom is 0.261 e. The zero-order valence-corrected chi connectivity index (χ0v) is 18.9. The van der Waals surface area contributed by atoms with Gasteiger partial charge in [0.25, 0.3) is 15.9 Å². The van der Waals surface area contributed by atoms with E-state index in [2.05, 4.69) is 25.2 Å². The highest BCUT2D eigenvalue weighted by Crippen LogP contribution is 2.26. The standard InChI is InChI=1S/C22H19N5O3S2/c1-14-6-9-16(10-7-14)27-32(29,30)17-11-8-15(2)18(13-17)20(28)24-22-26-25-21(31-22)19-5-3-4-12-23-19/h3-13,27H,1-2H3,(H,24,26,28). The summed E-state index contributed by atoms with van der Waals surface area (Å²) in [5.74, 6) is -0.474. The molecule has 1 amide bonds. The SMILES string of the molecule is Cc1ccc(NS(=O)(=O)c2ccc(C)c(C(=O)Nc3nnc(-c4ccccn4)s3)c2)cc1. The molecule has 0 atom stereocenters. The van der Waals surface area contributed by atoms with Crippen LogP contribution < -0.4 is 10.0 Å². The largest absolute Gasteiger partial charge is 0.296 e. The number of carbonyl (C=O) groups excluding carboxylic acids is 1. The minimum absolute atomic E-state index is 0.0136. The quantitative estimate of drug-likeness (QED) is 0.440. The van der Waals surface area contributed by atoms with Crippen LogP contribution in [0.3, 0.4) is 0 Å². The molecule has 4 rings (SSSR count). The smallest absolute Gasteiger partial charge is 0.261 e. The predicted octanol–water partition coefficient (Wildman–Crippen LogP) is 4.27. The van der Waals surface area contributed by atoms with Crippen molar-refractivity contribution in [1.82, 2.24) is 15.2 Å². The molecule has 0 unspecified atom stereocenters. The molecule has 0 bridgehead atoms. The summed E-state index contributed by atoms with van der Waals surface area (Å²) < 4.78 is 28.2. The van der Waals surface area contributed by atoms with Crippen LogP contribution >= 0.6 is 11.3 Å². The molecular weight excluding hydrogens is 446 g/mol. The van der Waals surface area contributed by atoms with Gasteiger partial charge in [0.15, 0.2) is 5.01 Å². The van der Waals surface area contributed by atoms with Gasteiger partial charge in [0.05, 0.1) is 4.90 Å². The van der Waals surface area contributed by atoms with Gasteiger partial charge in [-0.1, -0.05) is 41.2 Å². The Labute approximate surface area is 189 Å². The number of rotatable bonds is 6. The van der Waals surface area contributed by atoms with Crippen LogP contribution in [-0.2, 0) is 10.0 Å². The van der Waals surface area contributed by atoms with Crippen molar-refractivity contribution >= 4 is 38.1 Å². The van der Waals surface area contributed by atoms with Crippen LogP contribution in [0.2, 0.25) is 0 Å². The van der Waals surface area contributed by atoms with Crippen LogP contribution in [-0.4, -0.2) is 29.5 Å². The highest BCUT2D eigenvalue weighted by molar-refractivity contribution is 7.92. The van der Waals surface area contributed by atoms with Gasteiger partial charge < -0.3 is 0 Å². The van der Waals surface area contributed by atoms with Gasteiger partial charge in [0, 0.05) is 17.4 Å². The predicted molar refractivity (Wildman–Crippen MR) is 124 cm³/mol. The molecule has 162 valence electrons. The molecule has 10 heteroatoms. The summed E-state index contributed by atoms with van der Waals surface area (Å²) in [4.78, 5) is 17.1. The Hall–Kier alpha value is -3.63. The monoisotopic (exact) mass is 465 g/mol. The first-order valence-electron chi connectivity index (χ1n) is 9.58. The Morgan fingerprint density at radius 3 is 2.47 bits per heavy atom. The molecule has 32 heavy (non-hydrogen) atoms. The van der Waals surface area contributed by atoms with E-state index in [-0.39, 0.29) is 10.5 Å². The van der Waals surface area contributed by atoms with E-state index < -0.39 is 15.9 Å². The molecule has 0 aliphatic rings.